The number of hydrogen-bond acceptors (Lipinski definition) is 5. The van der Waals surface area contributed by atoms with Gasteiger partial charge in [-0.1, -0.05) is 6.07 Å². The van der Waals surface area contributed by atoms with Gasteiger partial charge in [0.05, 0.1) is 6.10 Å². The summed E-state index contributed by atoms with van der Waals surface area (Å²) >= 11 is 0. The lowest BCUT2D eigenvalue weighted by atomic mass is 9.86. The minimum atomic E-state index is -0.0151. The highest BCUT2D eigenvalue weighted by Crippen LogP contribution is 2.28. The van der Waals surface area contributed by atoms with Gasteiger partial charge in [0, 0.05) is 38.1 Å². The van der Waals surface area contributed by atoms with Gasteiger partial charge in [-0.15, -0.1) is 0 Å². The molecule has 2 saturated heterocycles. The van der Waals surface area contributed by atoms with Crippen molar-refractivity contribution in [1.82, 2.24) is 19.7 Å². The number of hydrogen-bond donors (Lipinski definition) is 1. The quantitative estimate of drug-likeness (QED) is 0.904. The fourth-order valence-corrected chi connectivity index (χ4v) is 3.89. The van der Waals surface area contributed by atoms with Gasteiger partial charge in [0.1, 0.15) is 5.69 Å². The molecule has 1 amide bonds. The molecule has 0 saturated carbocycles. The van der Waals surface area contributed by atoms with Gasteiger partial charge in [-0.25, -0.2) is 9.67 Å². The molecule has 4 heterocycles. The molecule has 0 aliphatic carbocycles. The first-order valence-electron chi connectivity index (χ1n) is 9.34. The third-order valence-corrected chi connectivity index (χ3v) is 5.40. The largest absolute Gasteiger partial charge is 0.378 e. The van der Waals surface area contributed by atoms with E-state index in [9.17, 15) is 4.79 Å². The molecule has 2 unspecified atom stereocenters. The molecule has 2 aliphatic rings. The molecule has 0 spiro atoms. The molecule has 2 atom stereocenters. The number of amides is 1. The van der Waals surface area contributed by atoms with Gasteiger partial charge in [0.25, 0.3) is 5.91 Å². The van der Waals surface area contributed by atoms with E-state index in [0.29, 0.717) is 17.4 Å². The van der Waals surface area contributed by atoms with Gasteiger partial charge < -0.3 is 15.4 Å². The average Bonchev–Trinajstić information content (AvgIpc) is 3.23. The first-order chi connectivity index (χ1) is 12.7. The summed E-state index contributed by atoms with van der Waals surface area (Å²) in [6, 6.07) is 7.55. The molecule has 0 bridgehead atoms. The smallest absolute Gasteiger partial charge is 0.272 e. The van der Waals surface area contributed by atoms with Crippen LogP contribution in [0, 0.1) is 5.92 Å². The predicted octanol–water partition coefficient (Wildman–Crippen LogP) is 1.63. The van der Waals surface area contributed by atoms with Crippen molar-refractivity contribution in [2.24, 2.45) is 11.7 Å². The van der Waals surface area contributed by atoms with Crippen molar-refractivity contribution in [2.45, 2.75) is 37.8 Å². The summed E-state index contributed by atoms with van der Waals surface area (Å²) in [7, 11) is 0. The van der Waals surface area contributed by atoms with Gasteiger partial charge in [-0.2, -0.15) is 5.10 Å². The normalized spacial score (nSPS) is 24.6. The Morgan fingerprint density at radius 1 is 1.19 bits per heavy atom. The van der Waals surface area contributed by atoms with Crippen LogP contribution in [0.3, 0.4) is 0 Å². The second kappa shape index (κ2) is 7.55. The Morgan fingerprint density at radius 2 is 2.04 bits per heavy atom. The summed E-state index contributed by atoms with van der Waals surface area (Å²) in [6.45, 7) is 2.24. The van der Waals surface area contributed by atoms with Crippen molar-refractivity contribution < 1.29 is 9.53 Å². The first-order valence-corrected chi connectivity index (χ1v) is 9.34. The third kappa shape index (κ3) is 3.64. The van der Waals surface area contributed by atoms with Crippen LogP contribution in [0.2, 0.25) is 0 Å². The summed E-state index contributed by atoms with van der Waals surface area (Å²) in [4.78, 5) is 19.2. The molecule has 7 nitrogen and oxygen atoms in total. The Morgan fingerprint density at radius 3 is 2.77 bits per heavy atom. The molecule has 26 heavy (non-hydrogen) atoms. The van der Waals surface area contributed by atoms with Crippen molar-refractivity contribution in [3.05, 3.63) is 42.4 Å². The zero-order valence-electron chi connectivity index (χ0n) is 14.8. The molecule has 0 radical (unpaired) electrons. The Hall–Kier alpha value is -2.25. The Kier molecular flexibility index (Phi) is 4.99. The maximum Gasteiger partial charge on any atom is 0.272 e. The van der Waals surface area contributed by atoms with Crippen LogP contribution < -0.4 is 5.73 Å². The number of piperidine rings is 1. The Labute approximate surface area is 153 Å². The van der Waals surface area contributed by atoms with E-state index in [1.54, 1.807) is 16.9 Å². The maximum absolute atomic E-state index is 12.8. The van der Waals surface area contributed by atoms with Gasteiger partial charge in [-0.3, -0.25) is 4.79 Å². The van der Waals surface area contributed by atoms with Crippen molar-refractivity contribution >= 4 is 5.91 Å². The minimum Gasteiger partial charge on any atom is -0.378 e. The maximum atomic E-state index is 12.8. The molecule has 4 rings (SSSR count). The number of carbonyl (C=O) groups is 1. The summed E-state index contributed by atoms with van der Waals surface area (Å²) < 4.78 is 7.58. The zero-order valence-corrected chi connectivity index (χ0v) is 14.8. The van der Waals surface area contributed by atoms with Crippen molar-refractivity contribution in [2.75, 3.05) is 19.7 Å². The zero-order chi connectivity index (χ0) is 17.9. The van der Waals surface area contributed by atoms with E-state index in [2.05, 4.69) is 10.1 Å². The molecule has 2 fully saturated rings. The summed E-state index contributed by atoms with van der Waals surface area (Å²) in [6.07, 6.45) is 7.57. The van der Waals surface area contributed by atoms with E-state index in [1.807, 2.05) is 29.3 Å². The third-order valence-electron chi connectivity index (χ3n) is 5.40. The van der Waals surface area contributed by atoms with Crippen LogP contribution in [0.4, 0.5) is 0 Å². The highest BCUT2D eigenvalue weighted by Gasteiger charge is 2.32. The molecule has 2 aromatic heterocycles. The minimum absolute atomic E-state index is 0.0151. The van der Waals surface area contributed by atoms with Crippen molar-refractivity contribution in [3.63, 3.8) is 0 Å². The number of rotatable bonds is 3. The highest BCUT2D eigenvalue weighted by molar-refractivity contribution is 5.92. The first kappa shape index (κ1) is 17.2. The lowest BCUT2D eigenvalue weighted by molar-refractivity contribution is -0.0420. The number of pyridine rings is 1. The van der Waals surface area contributed by atoms with Gasteiger partial charge in [0.2, 0.25) is 0 Å². The highest BCUT2D eigenvalue weighted by atomic mass is 16.5. The lowest BCUT2D eigenvalue weighted by Gasteiger charge is -2.38. The number of nitrogens with zero attached hydrogens (tertiary/aromatic N) is 4. The van der Waals surface area contributed by atoms with Gasteiger partial charge in [-0.05, 0) is 49.8 Å². The van der Waals surface area contributed by atoms with Crippen LogP contribution in [-0.2, 0) is 4.74 Å². The topological polar surface area (TPSA) is 86.3 Å². The molecule has 2 aliphatic heterocycles. The van der Waals surface area contributed by atoms with Crippen LogP contribution >= 0.6 is 0 Å². The molecule has 2 N–H and O–H groups in total. The SMILES string of the molecule is NC1CCOC(C2CCN(C(=O)c3cccc(-n4cccn4)n3)CC2)C1. The average molecular weight is 355 g/mol. The van der Waals surface area contributed by atoms with E-state index >= 15 is 0 Å². The van der Waals surface area contributed by atoms with Crippen LogP contribution in [0.5, 0.6) is 0 Å². The van der Waals surface area contributed by atoms with Crippen LogP contribution in [0.1, 0.15) is 36.2 Å². The summed E-state index contributed by atoms with van der Waals surface area (Å²) in [5.41, 5.74) is 6.54. The summed E-state index contributed by atoms with van der Waals surface area (Å²) in [5, 5.41) is 4.17. The number of aromatic nitrogens is 3. The van der Waals surface area contributed by atoms with E-state index < -0.39 is 0 Å². The second-order valence-corrected chi connectivity index (χ2v) is 7.15. The van der Waals surface area contributed by atoms with E-state index in [-0.39, 0.29) is 18.1 Å². The summed E-state index contributed by atoms with van der Waals surface area (Å²) in [5.74, 6) is 1.13. The predicted molar refractivity (Wildman–Crippen MR) is 96.9 cm³/mol. The van der Waals surface area contributed by atoms with E-state index in [4.69, 9.17) is 10.5 Å². The lowest BCUT2D eigenvalue weighted by Crippen LogP contribution is -2.45. The van der Waals surface area contributed by atoms with Crippen LogP contribution in [0.25, 0.3) is 5.82 Å². The van der Waals surface area contributed by atoms with Crippen LogP contribution in [-0.4, -0.2) is 57.4 Å². The molecule has 2 aromatic rings. The Balaban J connectivity index is 1.38. The van der Waals surface area contributed by atoms with Gasteiger partial charge >= 0.3 is 0 Å². The van der Waals surface area contributed by atoms with Crippen molar-refractivity contribution in [3.8, 4) is 5.82 Å². The number of carbonyl (C=O) groups excluding carboxylic acids is 1. The molecule has 7 heteroatoms. The number of likely N-dealkylation sites (tertiary alicyclic amines) is 1. The molecule has 138 valence electrons. The molecule has 0 aromatic carbocycles. The molecular weight excluding hydrogens is 330 g/mol. The monoisotopic (exact) mass is 355 g/mol. The number of ether oxygens (including phenoxy) is 1. The second-order valence-electron chi connectivity index (χ2n) is 7.15. The van der Waals surface area contributed by atoms with E-state index in [0.717, 1.165) is 45.4 Å². The fraction of sp³-hybridized carbons (Fsp3) is 0.526. The fourth-order valence-electron chi connectivity index (χ4n) is 3.89. The van der Waals surface area contributed by atoms with Crippen molar-refractivity contribution in [1.29, 1.82) is 0 Å². The molecular formula is C19H25N5O2. The van der Waals surface area contributed by atoms with Crippen LogP contribution in [0.15, 0.2) is 36.7 Å². The van der Waals surface area contributed by atoms with Gasteiger partial charge in [0.15, 0.2) is 5.82 Å². The van der Waals surface area contributed by atoms with E-state index in [1.165, 1.54) is 0 Å². The Bertz CT molecular complexity index is 740. The standard InChI is InChI=1S/C19H25N5O2/c20-15-7-12-26-17(13-15)14-5-10-23(11-6-14)19(25)16-3-1-4-18(22-16)24-9-2-8-21-24/h1-4,8-9,14-15,17H,5-7,10-13,20H2. The number of nitrogens with two attached hydrogens (primary N) is 1.